The lowest BCUT2D eigenvalue weighted by molar-refractivity contribution is 1.07. The van der Waals surface area contributed by atoms with E-state index >= 15 is 0 Å². The van der Waals surface area contributed by atoms with Crippen molar-refractivity contribution in [3.63, 3.8) is 0 Å². The van der Waals surface area contributed by atoms with E-state index in [2.05, 4.69) is 191 Å². The minimum Gasteiger partial charge on any atom is -0.355 e. The van der Waals surface area contributed by atoms with Crippen molar-refractivity contribution in [1.82, 2.24) is 39.9 Å². The van der Waals surface area contributed by atoms with Crippen LogP contribution in [-0.4, -0.2) is 39.9 Å². The van der Waals surface area contributed by atoms with Gasteiger partial charge in [-0.1, -0.05) is 123 Å². The van der Waals surface area contributed by atoms with Crippen LogP contribution < -0.4 is 0 Å². The smallest absolute Gasteiger partial charge is 0.0766 e. The molecule has 6 aromatic heterocycles. The molecular formula is C78H94N8. The Morgan fingerprint density at radius 3 is 0.616 bits per heavy atom. The van der Waals surface area contributed by atoms with Crippen molar-refractivity contribution in [2.24, 2.45) is 0 Å². The third-order valence-corrected chi connectivity index (χ3v) is 19.0. The summed E-state index contributed by atoms with van der Waals surface area (Å²) in [5.74, 6) is 7.06. The molecule has 0 spiro atoms. The fraction of sp³-hybridized carbons (Fsp3) is 0.410. The van der Waals surface area contributed by atoms with Crippen molar-refractivity contribution < 1.29 is 0 Å². The zero-order valence-corrected chi connectivity index (χ0v) is 54.9. The number of nitrogens with zero attached hydrogens (tertiary/aromatic N) is 4. The quantitative estimate of drug-likeness (QED) is 0.0642. The number of aromatic amines is 4. The van der Waals surface area contributed by atoms with Gasteiger partial charge in [-0.3, -0.25) is 0 Å². The van der Waals surface area contributed by atoms with E-state index in [1.807, 2.05) is 12.2 Å². The number of fused-ring (bicyclic) bond motifs is 16. The maximum Gasteiger partial charge on any atom is 0.0766 e. The van der Waals surface area contributed by atoms with Crippen LogP contribution in [-0.2, 0) is 51.4 Å². The van der Waals surface area contributed by atoms with Crippen LogP contribution in [0, 0.1) is 11.8 Å². The molecule has 4 aliphatic heterocycles. The van der Waals surface area contributed by atoms with Crippen LogP contribution >= 0.6 is 0 Å². The van der Waals surface area contributed by atoms with E-state index < -0.39 is 0 Å². The number of rotatable bonds is 18. The summed E-state index contributed by atoms with van der Waals surface area (Å²) in [6, 6.07) is 14.1. The number of aryl methyl sites for hydroxylation is 8. The van der Waals surface area contributed by atoms with Crippen molar-refractivity contribution in [2.45, 2.75) is 214 Å². The lowest BCUT2D eigenvalue weighted by atomic mass is 9.93. The van der Waals surface area contributed by atoms with Gasteiger partial charge in [0.2, 0.25) is 0 Å². The molecule has 86 heavy (non-hydrogen) atoms. The van der Waals surface area contributed by atoms with Crippen molar-refractivity contribution in [3.05, 3.63) is 150 Å². The zero-order chi connectivity index (χ0) is 61.1. The van der Waals surface area contributed by atoms with E-state index in [9.17, 15) is 0 Å². The van der Waals surface area contributed by atoms with Gasteiger partial charge in [-0.15, -0.1) is 0 Å². The molecule has 0 unspecified atom stereocenters. The average Bonchev–Trinajstić information content (AvgIpc) is 4.57. The van der Waals surface area contributed by atoms with E-state index in [-0.39, 0.29) is 0 Å². The first-order chi connectivity index (χ1) is 41.9. The molecule has 8 heteroatoms. The van der Waals surface area contributed by atoms with E-state index in [4.69, 9.17) is 19.9 Å². The second-order valence-electron chi connectivity index (χ2n) is 23.2. The SMILES string of the molecule is CCC1=C(CC)c2nc1cc1[nH]c(cc3[nH]c(cc4nc(c2/C=C/C#C/C=C/c2c5nc(cc6[nH]c(cc7[nH]c(cc8nc2C(CC)=C8CC)c(CC)c7CC)c(CC)c6CC)C(CC)=C5CC)C(CC)=C4CC)c(CC)c3CC)c(CC)c1CC. The molecule has 0 amide bonds. The second-order valence-corrected chi connectivity index (χ2v) is 23.2. The fourth-order valence-electron chi connectivity index (χ4n) is 15.1. The molecule has 0 saturated carbocycles. The average molecular weight is 1140 g/mol. The van der Waals surface area contributed by atoms with Crippen LogP contribution in [0.3, 0.4) is 0 Å². The Morgan fingerprint density at radius 1 is 0.256 bits per heavy atom. The molecule has 10 rings (SSSR count). The zero-order valence-electron chi connectivity index (χ0n) is 54.9. The van der Waals surface area contributed by atoms with Gasteiger partial charge in [-0.2, -0.15) is 0 Å². The first kappa shape index (κ1) is 61.3. The van der Waals surface area contributed by atoms with Crippen LogP contribution in [0.4, 0.5) is 0 Å². The number of allylic oxidation sites excluding steroid dienone is 10. The molecule has 10 heterocycles. The summed E-state index contributed by atoms with van der Waals surface area (Å²) in [4.78, 5) is 38.6. The van der Waals surface area contributed by atoms with Crippen LogP contribution in [0.5, 0.6) is 0 Å². The summed E-state index contributed by atoms with van der Waals surface area (Å²) in [5.41, 5.74) is 40.7. The van der Waals surface area contributed by atoms with Gasteiger partial charge in [0.15, 0.2) is 0 Å². The highest BCUT2D eigenvalue weighted by Gasteiger charge is 2.29. The number of H-pyrrole nitrogens is 4. The predicted molar refractivity (Wildman–Crippen MR) is 372 cm³/mol. The number of aromatic nitrogens is 8. The Bertz CT molecular complexity index is 3770. The fourth-order valence-corrected chi connectivity index (χ4v) is 15.1. The minimum absolute atomic E-state index is 0.847. The Kier molecular flexibility index (Phi) is 18.9. The van der Waals surface area contributed by atoms with E-state index in [1.165, 1.54) is 111 Å². The van der Waals surface area contributed by atoms with E-state index in [1.54, 1.807) is 0 Å². The van der Waals surface area contributed by atoms with E-state index in [0.29, 0.717) is 0 Å². The molecule has 8 nitrogen and oxygen atoms in total. The number of nitrogens with one attached hydrogen (secondary N) is 4. The lowest BCUT2D eigenvalue weighted by Crippen LogP contribution is -1.94. The van der Waals surface area contributed by atoms with Gasteiger partial charge in [-0.25, -0.2) is 19.9 Å². The molecule has 16 bridgehead atoms. The van der Waals surface area contributed by atoms with Gasteiger partial charge in [0.25, 0.3) is 0 Å². The van der Waals surface area contributed by atoms with Gasteiger partial charge >= 0.3 is 0 Å². The standard InChI is InChI=1S/C78H94N8/c1-17-45-49(21-5)67-41-71-53(25-9)57(29-13)75(83-71)61(76-58(30-14)54(26-10)72(84-76)42-68-50(22-6)46(18-2)64(80-68)39-63(45)79-67)37-35-33-34-36-38-62-77-59(31-15)55(27-11)73(85-77)43-69-51(23-7)47(19-3)65(81-69)40-66-48(20-4)52(24-8)70(82-66)44-74-56(28-12)60(32-16)78(62)86-74/h35-44,79-82H,17-32H2,1-16H3/b37-35+,38-36+,63-39?,64-39?,65-40?,66-40?,67-41?,68-42?,69-43?,70-44?,71-41?,72-42?,73-43?,74-44?,75-61?,76-61?,77-62?,78-62?. The first-order valence-corrected chi connectivity index (χ1v) is 33.3. The maximum atomic E-state index is 5.70. The molecule has 446 valence electrons. The van der Waals surface area contributed by atoms with Gasteiger partial charge in [-0.05, 0) is 253 Å². The van der Waals surface area contributed by atoms with Crippen LogP contribution in [0.2, 0.25) is 0 Å². The third-order valence-electron chi connectivity index (χ3n) is 19.0. The molecule has 6 aromatic rings. The monoisotopic (exact) mass is 1140 g/mol. The predicted octanol–water partition coefficient (Wildman–Crippen LogP) is 21.1. The van der Waals surface area contributed by atoms with Crippen LogP contribution in [0.1, 0.15) is 263 Å². The molecule has 0 saturated heterocycles. The summed E-state index contributed by atoms with van der Waals surface area (Å²) in [5, 5.41) is 0. The van der Waals surface area contributed by atoms with Gasteiger partial charge in [0, 0.05) is 55.3 Å². The van der Waals surface area contributed by atoms with Crippen molar-refractivity contribution in [1.29, 1.82) is 0 Å². The van der Waals surface area contributed by atoms with Gasteiger partial charge < -0.3 is 19.9 Å². The highest BCUT2D eigenvalue weighted by Crippen LogP contribution is 2.45. The molecule has 0 atom stereocenters. The molecule has 0 aliphatic carbocycles. The van der Waals surface area contributed by atoms with Crippen LogP contribution in [0.15, 0.2) is 48.6 Å². The normalized spacial score (nSPS) is 13.7. The molecule has 0 aromatic carbocycles. The maximum absolute atomic E-state index is 5.70. The third kappa shape index (κ3) is 10.7. The molecular weight excluding hydrogens is 1050 g/mol. The van der Waals surface area contributed by atoms with Crippen LogP contribution in [0.25, 0.3) is 101 Å². The molecule has 0 fully saturated rings. The summed E-state index contributed by atoms with van der Waals surface area (Å²) < 4.78 is 0. The molecule has 4 aliphatic rings. The Labute approximate surface area is 513 Å². The first-order valence-electron chi connectivity index (χ1n) is 33.3. The van der Waals surface area contributed by atoms with Gasteiger partial charge in [0.1, 0.15) is 0 Å². The molecule has 4 N–H and O–H groups in total. The largest absolute Gasteiger partial charge is 0.355 e. The van der Waals surface area contributed by atoms with Crippen molar-refractivity contribution in [2.75, 3.05) is 0 Å². The Morgan fingerprint density at radius 2 is 0.442 bits per heavy atom. The second kappa shape index (κ2) is 26.5. The summed E-state index contributed by atoms with van der Waals surface area (Å²) >= 11 is 0. The van der Waals surface area contributed by atoms with Gasteiger partial charge in [0.05, 0.1) is 45.6 Å². The lowest BCUT2D eigenvalue weighted by Gasteiger charge is -2.09. The summed E-state index contributed by atoms with van der Waals surface area (Å²) in [6.45, 7) is 36.5. The molecule has 0 radical (unpaired) electrons. The van der Waals surface area contributed by atoms with Crippen molar-refractivity contribution in [3.8, 4) is 11.8 Å². The highest BCUT2D eigenvalue weighted by atomic mass is 14.8. The highest BCUT2D eigenvalue weighted by molar-refractivity contribution is 6.02. The topological polar surface area (TPSA) is 115 Å². The Hall–Kier alpha value is -7.76. The summed E-state index contributed by atoms with van der Waals surface area (Å²) in [7, 11) is 0. The minimum atomic E-state index is 0.847. The number of hydrogen-bond donors (Lipinski definition) is 4. The van der Waals surface area contributed by atoms with Crippen molar-refractivity contribution >= 4 is 101 Å². The number of hydrogen-bond acceptors (Lipinski definition) is 4. The van der Waals surface area contributed by atoms with E-state index in [0.717, 1.165) is 181 Å². The Balaban J connectivity index is 1.25. The summed E-state index contributed by atoms with van der Waals surface area (Å²) in [6.07, 6.45) is 22.8.